The van der Waals surface area contributed by atoms with Gasteiger partial charge in [-0.2, -0.15) is 0 Å². The summed E-state index contributed by atoms with van der Waals surface area (Å²) in [6, 6.07) is 3.58. The van der Waals surface area contributed by atoms with E-state index in [0.29, 0.717) is 37.9 Å². The number of likely N-dealkylation sites (tertiary alicyclic amines) is 1. The minimum absolute atomic E-state index is 0.0503. The molecule has 0 radical (unpaired) electrons. The third-order valence-corrected chi connectivity index (χ3v) is 5.93. The molecule has 1 aromatic carbocycles. The summed E-state index contributed by atoms with van der Waals surface area (Å²) in [6.45, 7) is 18.0. The van der Waals surface area contributed by atoms with Gasteiger partial charge in [-0.15, -0.1) is 0 Å². The van der Waals surface area contributed by atoms with Gasteiger partial charge >= 0.3 is 12.1 Å². The van der Waals surface area contributed by atoms with E-state index in [1.165, 1.54) is 0 Å². The standard InChI is InChI=1S/C27H42FNO4/c1-10-20-21(15-19(17(2)3)16-22(20)28)23(24(30)32-26(4,5)6)18-11-13-29(14-12-18)25(31)33-27(7,8)9/h15-18,23H,10-14H2,1-9H3. The van der Waals surface area contributed by atoms with Crippen LogP contribution in [0.25, 0.3) is 0 Å². The summed E-state index contributed by atoms with van der Waals surface area (Å²) in [6.07, 6.45) is 1.41. The van der Waals surface area contributed by atoms with Crippen LogP contribution in [-0.4, -0.2) is 41.3 Å². The quantitative estimate of drug-likeness (QED) is 0.463. The van der Waals surface area contributed by atoms with Gasteiger partial charge in [0, 0.05) is 13.1 Å². The molecule has 1 saturated heterocycles. The second-order valence-corrected chi connectivity index (χ2v) is 11.4. The van der Waals surface area contributed by atoms with E-state index in [0.717, 1.165) is 11.1 Å². The van der Waals surface area contributed by atoms with E-state index in [1.54, 1.807) is 11.0 Å². The van der Waals surface area contributed by atoms with E-state index in [9.17, 15) is 9.59 Å². The first-order chi connectivity index (χ1) is 15.1. The molecule has 5 nitrogen and oxygen atoms in total. The van der Waals surface area contributed by atoms with Crippen molar-refractivity contribution >= 4 is 12.1 Å². The number of amides is 1. The molecule has 0 aliphatic carbocycles. The lowest BCUT2D eigenvalue weighted by atomic mass is 9.77. The van der Waals surface area contributed by atoms with Gasteiger partial charge < -0.3 is 14.4 Å². The summed E-state index contributed by atoms with van der Waals surface area (Å²) < 4.78 is 26.4. The molecule has 2 rings (SSSR count). The summed E-state index contributed by atoms with van der Waals surface area (Å²) in [7, 11) is 0. The predicted octanol–water partition coefficient (Wildman–Crippen LogP) is 6.58. The van der Waals surface area contributed by atoms with Crippen LogP contribution in [-0.2, 0) is 20.7 Å². The lowest BCUT2D eigenvalue weighted by Crippen LogP contribution is -2.44. The summed E-state index contributed by atoms with van der Waals surface area (Å²) in [5.41, 5.74) is 0.973. The number of nitrogens with zero attached hydrogens (tertiary/aromatic N) is 1. The SMILES string of the molecule is CCc1c(F)cc(C(C)C)cc1C(C(=O)OC(C)(C)C)C1CCN(C(=O)OC(C)(C)C)CC1. The van der Waals surface area contributed by atoms with E-state index in [1.807, 2.05) is 68.4 Å². The topological polar surface area (TPSA) is 55.8 Å². The largest absolute Gasteiger partial charge is 0.459 e. The molecule has 1 atom stereocenters. The minimum Gasteiger partial charge on any atom is -0.459 e. The van der Waals surface area contributed by atoms with Gasteiger partial charge in [-0.25, -0.2) is 9.18 Å². The lowest BCUT2D eigenvalue weighted by molar-refractivity contribution is -0.158. The number of hydrogen-bond donors (Lipinski definition) is 0. The zero-order valence-electron chi connectivity index (χ0n) is 21.9. The van der Waals surface area contributed by atoms with Crippen LogP contribution in [0.1, 0.15) is 104 Å². The highest BCUT2D eigenvalue weighted by atomic mass is 19.1. The number of hydrogen-bond acceptors (Lipinski definition) is 4. The number of ether oxygens (including phenoxy) is 2. The van der Waals surface area contributed by atoms with Gasteiger partial charge in [0.1, 0.15) is 17.0 Å². The van der Waals surface area contributed by atoms with Crippen molar-refractivity contribution in [3.63, 3.8) is 0 Å². The molecule has 0 bridgehead atoms. The molecule has 0 aromatic heterocycles. The first-order valence-corrected chi connectivity index (χ1v) is 12.2. The van der Waals surface area contributed by atoms with Gasteiger partial charge in [0.05, 0.1) is 5.92 Å². The van der Waals surface area contributed by atoms with Crippen LogP contribution in [0, 0.1) is 11.7 Å². The fourth-order valence-corrected chi connectivity index (χ4v) is 4.34. The van der Waals surface area contributed by atoms with Gasteiger partial charge in [0.2, 0.25) is 0 Å². The minimum atomic E-state index is -0.646. The Morgan fingerprint density at radius 3 is 2.03 bits per heavy atom. The Hall–Kier alpha value is -2.11. The third-order valence-electron chi connectivity index (χ3n) is 5.93. The van der Waals surface area contributed by atoms with Crippen LogP contribution in [0.4, 0.5) is 9.18 Å². The molecule has 186 valence electrons. The lowest BCUT2D eigenvalue weighted by Gasteiger charge is -2.37. The summed E-state index contributed by atoms with van der Waals surface area (Å²) >= 11 is 0. The number of rotatable bonds is 5. The molecule has 6 heteroatoms. The van der Waals surface area contributed by atoms with Crippen molar-refractivity contribution < 1.29 is 23.5 Å². The van der Waals surface area contributed by atoms with Crippen LogP contribution in [0.2, 0.25) is 0 Å². The Bertz CT molecular complexity index is 843. The van der Waals surface area contributed by atoms with Crippen molar-refractivity contribution in [2.24, 2.45) is 5.92 Å². The van der Waals surface area contributed by atoms with Gasteiger partial charge in [-0.05, 0) is 95.4 Å². The van der Waals surface area contributed by atoms with Gasteiger partial charge in [-0.1, -0.05) is 26.8 Å². The molecule has 1 aliphatic rings. The Balaban J connectivity index is 2.40. The maximum Gasteiger partial charge on any atom is 0.410 e. The van der Waals surface area contributed by atoms with Gasteiger partial charge in [-0.3, -0.25) is 4.79 Å². The second kappa shape index (κ2) is 10.4. The van der Waals surface area contributed by atoms with Crippen molar-refractivity contribution in [3.8, 4) is 0 Å². The molecule has 0 saturated carbocycles. The van der Waals surface area contributed by atoms with Crippen LogP contribution in [0.3, 0.4) is 0 Å². The molecular weight excluding hydrogens is 421 g/mol. The zero-order valence-corrected chi connectivity index (χ0v) is 21.9. The molecule has 1 fully saturated rings. The Morgan fingerprint density at radius 1 is 1.03 bits per heavy atom. The van der Waals surface area contributed by atoms with Crippen molar-refractivity contribution in [2.75, 3.05) is 13.1 Å². The van der Waals surface area contributed by atoms with E-state index >= 15 is 4.39 Å². The number of piperidine rings is 1. The number of benzene rings is 1. The normalized spacial score (nSPS) is 16.6. The molecule has 0 spiro atoms. The highest BCUT2D eigenvalue weighted by Gasteiger charge is 2.38. The Kier molecular flexibility index (Phi) is 8.58. The number of carbonyl (C=O) groups excluding carboxylic acids is 2. The van der Waals surface area contributed by atoms with E-state index < -0.39 is 17.1 Å². The van der Waals surface area contributed by atoms with E-state index in [2.05, 4.69) is 0 Å². The summed E-state index contributed by atoms with van der Waals surface area (Å²) in [4.78, 5) is 27.7. The monoisotopic (exact) mass is 463 g/mol. The molecule has 1 unspecified atom stereocenters. The molecule has 0 N–H and O–H groups in total. The smallest absolute Gasteiger partial charge is 0.410 e. The fraction of sp³-hybridized carbons (Fsp3) is 0.704. The summed E-state index contributed by atoms with van der Waals surface area (Å²) in [5, 5.41) is 0. The van der Waals surface area contributed by atoms with E-state index in [-0.39, 0.29) is 29.7 Å². The second-order valence-electron chi connectivity index (χ2n) is 11.4. The first-order valence-electron chi connectivity index (χ1n) is 12.2. The number of carbonyl (C=O) groups is 2. The number of esters is 1. The molecule has 1 aromatic rings. The average molecular weight is 464 g/mol. The third kappa shape index (κ3) is 7.44. The van der Waals surface area contributed by atoms with Crippen LogP contribution in [0.5, 0.6) is 0 Å². The van der Waals surface area contributed by atoms with Crippen LogP contribution >= 0.6 is 0 Å². The first kappa shape index (κ1) is 27.1. The molecular formula is C27H42FNO4. The number of halogens is 1. The zero-order chi connectivity index (χ0) is 25.1. The van der Waals surface area contributed by atoms with Crippen molar-refractivity contribution in [3.05, 3.63) is 34.6 Å². The van der Waals surface area contributed by atoms with Crippen molar-refractivity contribution in [1.29, 1.82) is 0 Å². The van der Waals surface area contributed by atoms with Gasteiger partial charge in [0.15, 0.2) is 0 Å². The Morgan fingerprint density at radius 2 is 1.58 bits per heavy atom. The van der Waals surface area contributed by atoms with Crippen LogP contribution < -0.4 is 0 Å². The highest BCUT2D eigenvalue weighted by Crippen LogP contribution is 2.39. The van der Waals surface area contributed by atoms with E-state index in [4.69, 9.17) is 9.47 Å². The van der Waals surface area contributed by atoms with Crippen LogP contribution in [0.15, 0.2) is 12.1 Å². The highest BCUT2D eigenvalue weighted by molar-refractivity contribution is 5.80. The molecule has 33 heavy (non-hydrogen) atoms. The maximum atomic E-state index is 15.1. The molecule has 1 heterocycles. The van der Waals surface area contributed by atoms with Crippen molar-refractivity contribution in [2.45, 2.75) is 105 Å². The fourth-order valence-electron chi connectivity index (χ4n) is 4.34. The summed E-state index contributed by atoms with van der Waals surface area (Å²) in [5.74, 6) is -1.08. The Labute approximate surface area is 199 Å². The van der Waals surface area contributed by atoms with Gasteiger partial charge in [0.25, 0.3) is 0 Å². The predicted molar refractivity (Wildman–Crippen MR) is 129 cm³/mol. The average Bonchev–Trinajstić information content (AvgIpc) is 2.65. The molecule has 1 amide bonds. The molecule has 1 aliphatic heterocycles. The maximum absolute atomic E-state index is 15.1. The van der Waals surface area contributed by atoms with Crippen molar-refractivity contribution in [1.82, 2.24) is 4.90 Å².